The number of aliphatic hydroxyl groups is 1. The van der Waals surface area contributed by atoms with Gasteiger partial charge in [-0.05, 0) is 44.7 Å². The molecule has 1 aliphatic heterocycles. The second-order valence-electron chi connectivity index (χ2n) is 10.0. The number of amides is 2. The fourth-order valence-electron chi connectivity index (χ4n) is 4.73. The maximum Gasteiger partial charge on any atom is 0.280 e. The van der Waals surface area contributed by atoms with Gasteiger partial charge in [-0.15, -0.1) is 11.3 Å². The zero-order valence-corrected chi connectivity index (χ0v) is 24.4. The first-order valence-electron chi connectivity index (χ1n) is 13.3. The topological polar surface area (TPSA) is 145 Å². The lowest BCUT2D eigenvalue weighted by Crippen LogP contribution is -2.50. The van der Waals surface area contributed by atoms with Gasteiger partial charge >= 0.3 is 0 Å². The highest BCUT2D eigenvalue weighted by Gasteiger charge is 2.25. The summed E-state index contributed by atoms with van der Waals surface area (Å²) >= 11 is 1.36. The van der Waals surface area contributed by atoms with Gasteiger partial charge in [0.15, 0.2) is 10.8 Å². The van der Waals surface area contributed by atoms with Gasteiger partial charge in [0.2, 0.25) is 16.4 Å². The SMILES string of the molecule is C[C@H]1CN(Cc2cnc(NC(=O)C(=NOC3CCCC3)c3ccc(S(=O)(=O)N(C)CCO)cc3)s2)CCN1C=O. The van der Waals surface area contributed by atoms with E-state index in [2.05, 4.69) is 20.4 Å². The van der Waals surface area contributed by atoms with Gasteiger partial charge in [0, 0.05) is 62.5 Å². The average molecular weight is 593 g/mol. The number of rotatable bonds is 12. The fraction of sp³-hybridized carbons (Fsp3) is 0.538. The monoisotopic (exact) mass is 592 g/mol. The van der Waals surface area contributed by atoms with Gasteiger partial charge in [0.1, 0.15) is 6.10 Å². The van der Waals surface area contributed by atoms with Crippen LogP contribution in [-0.4, -0.2) is 103 Å². The molecule has 0 bridgehead atoms. The number of benzene rings is 1. The van der Waals surface area contributed by atoms with Gasteiger partial charge in [-0.2, -0.15) is 4.31 Å². The number of aromatic nitrogens is 1. The van der Waals surface area contributed by atoms with Crippen LogP contribution in [0.2, 0.25) is 0 Å². The molecule has 12 nitrogen and oxygen atoms in total. The van der Waals surface area contributed by atoms with Gasteiger partial charge in [0.05, 0.1) is 11.5 Å². The Hall–Kier alpha value is -2.91. The van der Waals surface area contributed by atoms with Gasteiger partial charge < -0.3 is 14.8 Å². The van der Waals surface area contributed by atoms with Crippen LogP contribution >= 0.6 is 11.3 Å². The molecule has 1 aromatic carbocycles. The maximum atomic E-state index is 13.3. The second kappa shape index (κ2) is 13.6. The van der Waals surface area contributed by atoms with Crippen LogP contribution in [0.1, 0.15) is 43.0 Å². The number of carbonyl (C=O) groups excluding carboxylic acids is 2. The van der Waals surface area contributed by atoms with Gasteiger partial charge in [-0.1, -0.05) is 17.3 Å². The molecular formula is C26H36N6O6S2. The molecule has 1 saturated carbocycles. The number of anilines is 1. The molecule has 14 heteroatoms. The first-order chi connectivity index (χ1) is 19.2. The molecule has 2 aromatic rings. The van der Waals surface area contributed by atoms with E-state index < -0.39 is 15.9 Å². The van der Waals surface area contributed by atoms with Crippen molar-refractivity contribution in [2.75, 3.05) is 45.2 Å². The molecule has 2 aliphatic rings. The number of oxime groups is 1. The molecule has 2 fully saturated rings. The van der Waals surface area contributed by atoms with Crippen LogP contribution in [-0.2, 0) is 31.0 Å². The maximum absolute atomic E-state index is 13.3. The molecule has 0 spiro atoms. The largest absolute Gasteiger partial charge is 0.395 e. The minimum Gasteiger partial charge on any atom is -0.395 e. The van der Waals surface area contributed by atoms with Crippen molar-refractivity contribution in [1.29, 1.82) is 0 Å². The van der Waals surface area contributed by atoms with Crippen LogP contribution in [0, 0.1) is 0 Å². The van der Waals surface area contributed by atoms with Crippen molar-refractivity contribution in [3.63, 3.8) is 0 Å². The summed E-state index contributed by atoms with van der Waals surface area (Å²) in [4.78, 5) is 39.6. The molecule has 1 atom stereocenters. The van der Waals surface area contributed by atoms with E-state index >= 15 is 0 Å². The molecule has 1 aliphatic carbocycles. The number of sulfonamides is 1. The van der Waals surface area contributed by atoms with Crippen molar-refractivity contribution in [1.82, 2.24) is 19.1 Å². The summed E-state index contributed by atoms with van der Waals surface area (Å²) in [5, 5.41) is 16.5. The van der Waals surface area contributed by atoms with Crippen LogP contribution in [0.15, 0.2) is 40.5 Å². The van der Waals surface area contributed by atoms with Crippen LogP contribution in [0.25, 0.3) is 0 Å². The third-order valence-electron chi connectivity index (χ3n) is 7.11. The Labute approximate surface area is 238 Å². The van der Waals surface area contributed by atoms with Crippen molar-refractivity contribution in [3.8, 4) is 0 Å². The van der Waals surface area contributed by atoms with Crippen molar-refractivity contribution >= 4 is 44.5 Å². The molecule has 218 valence electrons. The van der Waals surface area contributed by atoms with E-state index in [0.29, 0.717) is 23.8 Å². The number of thiazole rings is 1. The number of piperazine rings is 1. The van der Waals surface area contributed by atoms with E-state index in [4.69, 9.17) is 9.94 Å². The van der Waals surface area contributed by atoms with E-state index in [1.165, 1.54) is 42.6 Å². The molecule has 1 aromatic heterocycles. The Bertz CT molecular complexity index is 1290. The predicted octanol–water partition coefficient (Wildman–Crippen LogP) is 1.72. The van der Waals surface area contributed by atoms with E-state index in [1.807, 2.05) is 6.92 Å². The van der Waals surface area contributed by atoms with Crippen molar-refractivity contribution in [3.05, 3.63) is 40.9 Å². The Kier molecular flexibility index (Phi) is 10.2. The number of hydrogen-bond donors (Lipinski definition) is 2. The zero-order chi connectivity index (χ0) is 28.7. The van der Waals surface area contributed by atoms with E-state index in [1.54, 1.807) is 11.1 Å². The smallest absolute Gasteiger partial charge is 0.280 e. The number of hydrogen-bond acceptors (Lipinski definition) is 10. The van der Waals surface area contributed by atoms with Crippen molar-refractivity contribution in [2.45, 2.75) is 56.2 Å². The highest BCUT2D eigenvalue weighted by molar-refractivity contribution is 7.89. The quantitative estimate of drug-likeness (QED) is 0.215. The summed E-state index contributed by atoms with van der Waals surface area (Å²) in [7, 11) is -2.39. The van der Waals surface area contributed by atoms with Crippen LogP contribution < -0.4 is 5.32 Å². The lowest BCUT2D eigenvalue weighted by atomic mass is 10.1. The average Bonchev–Trinajstić information content (AvgIpc) is 3.61. The minimum absolute atomic E-state index is 0.0233. The van der Waals surface area contributed by atoms with E-state index in [-0.39, 0.29) is 35.9 Å². The van der Waals surface area contributed by atoms with Gasteiger partial charge in [-0.3, -0.25) is 19.8 Å². The summed E-state index contributed by atoms with van der Waals surface area (Å²) < 4.78 is 26.5. The van der Waals surface area contributed by atoms with Gasteiger partial charge in [-0.25, -0.2) is 13.4 Å². The minimum atomic E-state index is -3.79. The lowest BCUT2D eigenvalue weighted by Gasteiger charge is -2.37. The molecule has 1 saturated heterocycles. The molecule has 40 heavy (non-hydrogen) atoms. The van der Waals surface area contributed by atoms with Crippen molar-refractivity contribution < 1.29 is 28.0 Å². The molecular weight excluding hydrogens is 556 g/mol. The summed E-state index contributed by atoms with van der Waals surface area (Å²) in [6.45, 7) is 4.55. The molecule has 4 rings (SSSR count). The summed E-state index contributed by atoms with van der Waals surface area (Å²) in [6, 6.07) is 5.98. The number of nitrogens with one attached hydrogen (secondary N) is 1. The van der Waals surface area contributed by atoms with Gasteiger partial charge in [0.25, 0.3) is 5.91 Å². The Morgan fingerprint density at radius 1 is 1.27 bits per heavy atom. The number of carbonyl (C=O) groups is 2. The second-order valence-corrected chi connectivity index (χ2v) is 13.2. The zero-order valence-electron chi connectivity index (χ0n) is 22.7. The normalized spacial score (nSPS) is 19.2. The Morgan fingerprint density at radius 3 is 2.65 bits per heavy atom. The van der Waals surface area contributed by atoms with Crippen LogP contribution in [0.5, 0.6) is 0 Å². The highest BCUT2D eigenvalue weighted by atomic mass is 32.2. The number of likely N-dealkylation sites (N-methyl/N-ethyl adjacent to an activating group) is 1. The standard InChI is InChI=1S/C26H36N6O6S2/c1-19-16-31(11-12-32(19)18-34)17-22-15-27-26(39-22)28-25(35)24(29-38-21-5-3-4-6-21)20-7-9-23(10-8-20)40(36,37)30(2)13-14-33/h7-10,15,18-19,21,33H,3-6,11-14,16-17H2,1-2H3,(H,27,28,35)/t19-/m0/s1. The Balaban J connectivity index is 1.47. The number of nitrogens with zero attached hydrogens (tertiary/aromatic N) is 5. The van der Waals surface area contributed by atoms with E-state index in [9.17, 15) is 18.0 Å². The third-order valence-corrected chi connectivity index (χ3v) is 9.88. The van der Waals surface area contributed by atoms with Crippen LogP contribution in [0.3, 0.4) is 0 Å². The third kappa shape index (κ3) is 7.43. The fourth-order valence-corrected chi connectivity index (χ4v) is 6.75. The van der Waals surface area contributed by atoms with E-state index in [0.717, 1.165) is 54.4 Å². The Morgan fingerprint density at radius 2 is 2.00 bits per heavy atom. The van der Waals surface area contributed by atoms with Crippen LogP contribution in [0.4, 0.5) is 5.13 Å². The predicted molar refractivity (Wildman–Crippen MR) is 151 cm³/mol. The molecule has 0 radical (unpaired) electrons. The molecule has 2 N–H and O–H groups in total. The molecule has 2 amide bonds. The summed E-state index contributed by atoms with van der Waals surface area (Å²) in [5.74, 6) is -0.514. The molecule has 0 unspecified atom stereocenters. The number of aliphatic hydroxyl groups excluding tert-OH is 1. The molecule has 2 heterocycles. The highest BCUT2D eigenvalue weighted by Crippen LogP contribution is 2.24. The first kappa shape index (κ1) is 30.1. The van der Waals surface area contributed by atoms with Crippen molar-refractivity contribution in [2.24, 2.45) is 5.16 Å². The lowest BCUT2D eigenvalue weighted by molar-refractivity contribution is -0.122. The first-order valence-corrected chi connectivity index (χ1v) is 15.6. The summed E-state index contributed by atoms with van der Waals surface area (Å²) in [6.07, 6.45) is 6.36. The summed E-state index contributed by atoms with van der Waals surface area (Å²) in [5.41, 5.74) is 0.424.